The number of hydrogen-bond donors (Lipinski definition) is 2. The first-order valence-electron chi connectivity index (χ1n) is 10.0. The SMILES string of the molecule is CN(C)CCNS(=O)(=O)c1ccc(NCCOc2ccc3ccccc3c2)c([N+](=O)[O-])c1. The summed E-state index contributed by atoms with van der Waals surface area (Å²) in [6, 6.07) is 17.5. The van der Waals surface area contributed by atoms with Gasteiger partial charge in [-0.15, -0.1) is 0 Å². The number of fused-ring (bicyclic) bond motifs is 1. The molecule has 0 unspecified atom stereocenters. The Morgan fingerprint density at radius 2 is 1.75 bits per heavy atom. The molecule has 0 spiro atoms. The lowest BCUT2D eigenvalue weighted by molar-refractivity contribution is -0.384. The molecule has 0 radical (unpaired) electrons. The lowest BCUT2D eigenvalue weighted by atomic mass is 10.1. The fourth-order valence-corrected chi connectivity index (χ4v) is 4.12. The van der Waals surface area contributed by atoms with Crippen LogP contribution in [0.1, 0.15) is 0 Å². The summed E-state index contributed by atoms with van der Waals surface area (Å²) >= 11 is 0. The van der Waals surface area contributed by atoms with Gasteiger partial charge in [-0.05, 0) is 49.1 Å². The second-order valence-electron chi connectivity index (χ2n) is 7.42. The summed E-state index contributed by atoms with van der Waals surface area (Å²) in [7, 11) is -0.196. The molecule has 170 valence electrons. The summed E-state index contributed by atoms with van der Waals surface area (Å²) in [6.07, 6.45) is 0. The minimum Gasteiger partial charge on any atom is -0.492 e. The highest BCUT2D eigenvalue weighted by atomic mass is 32.2. The molecule has 3 rings (SSSR count). The summed E-state index contributed by atoms with van der Waals surface area (Å²) < 4.78 is 33.0. The van der Waals surface area contributed by atoms with Gasteiger partial charge in [0.05, 0.1) is 9.82 Å². The highest BCUT2D eigenvalue weighted by Gasteiger charge is 2.21. The van der Waals surface area contributed by atoms with Crippen LogP contribution >= 0.6 is 0 Å². The van der Waals surface area contributed by atoms with E-state index < -0.39 is 14.9 Å². The maximum atomic E-state index is 12.4. The number of nitro benzene ring substituents is 1. The smallest absolute Gasteiger partial charge is 0.293 e. The van der Waals surface area contributed by atoms with E-state index in [1.165, 1.54) is 12.1 Å². The van der Waals surface area contributed by atoms with Crippen molar-refractivity contribution in [2.45, 2.75) is 4.90 Å². The van der Waals surface area contributed by atoms with Crippen LogP contribution in [0.4, 0.5) is 11.4 Å². The van der Waals surface area contributed by atoms with E-state index in [2.05, 4.69) is 10.0 Å². The normalized spacial score (nSPS) is 11.6. The minimum atomic E-state index is -3.84. The fourth-order valence-electron chi connectivity index (χ4n) is 3.08. The van der Waals surface area contributed by atoms with Crippen LogP contribution in [0, 0.1) is 10.1 Å². The summed E-state index contributed by atoms with van der Waals surface area (Å²) in [6.45, 7) is 1.30. The van der Waals surface area contributed by atoms with Crippen LogP contribution in [0.2, 0.25) is 0 Å². The molecule has 0 bridgehead atoms. The van der Waals surface area contributed by atoms with Crippen molar-refractivity contribution in [3.05, 3.63) is 70.8 Å². The number of nitro groups is 1. The number of anilines is 1. The summed E-state index contributed by atoms with van der Waals surface area (Å²) in [5.41, 5.74) is -0.0875. The predicted octanol–water partition coefficient (Wildman–Crippen LogP) is 3.08. The number of benzene rings is 3. The first-order chi connectivity index (χ1) is 15.3. The van der Waals surface area contributed by atoms with E-state index in [9.17, 15) is 18.5 Å². The average molecular weight is 459 g/mol. The van der Waals surface area contributed by atoms with Crippen LogP contribution in [0.5, 0.6) is 5.75 Å². The van der Waals surface area contributed by atoms with Crippen LogP contribution in [0.3, 0.4) is 0 Å². The molecule has 3 aromatic carbocycles. The number of sulfonamides is 1. The van der Waals surface area contributed by atoms with Gasteiger partial charge in [-0.25, -0.2) is 13.1 Å². The molecule has 0 aromatic heterocycles. The van der Waals surface area contributed by atoms with Crippen LogP contribution in [0.25, 0.3) is 10.8 Å². The molecule has 2 N–H and O–H groups in total. The second-order valence-corrected chi connectivity index (χ2v) is 9.19. The number of nitrogens with zero attached hydrogens (tertiary/aromatic N) is 2. The molecule has 32 heavy (non-hydrogen) atoms. The van der Waals surface area contributed by atoms with E-state index in [0.717, 1.165) is 16.8 Å². The number of hydrogen-bond acceptors (Lipinski definition) is 7. The maximum Gasteiger partial charge on any atom is 0.293 e. The monoisotopic (exact) mass is 458 g/mol. The van der Waals surface area contributed by atoms with E-state index in [-0.39, 0.29) is 29.4 Å². The molecular formula is C22H26N4O5S. The van der Waals surface area contributed by atoms with Gasteiger partial charge in [-0.3, -0.25) is 10.1 Å². The summed E-state index contributed by atoms with van der Waals surface area (Å²) in [5.74, 6) is 0.699. The Balaban J connectivity index is 1.62. The zero-order valence-electron chi connectivity index (χ0n) is 17.9. The van der Waals surface area contributed by atoms with Gasteiger partial charge < -0.3 is 15.0 Å². The number of rotatable bonds is 11. The minimum absolute atomic E-state index is 0.152. The van der Waals surface area contributed by atoms with Gasteiger partial charge in [0.15, 0.2) is 0 Å². The van der Waals surface area contributed by atoms with Crippen molar-refractivity contribution in [1.29, 1.82) is 0 Å². The first kappa shape index (κ1) is 23.5. The van der Waals surface area contributed by atoms with Gasteiger partial charge in [0.1, 0.15) is 18.0 Å². The zero-order valence-corrected chi connectivity index (χ0v) is 18.8. The van der Waals surface area contributed by atoms with Gasteiger partial charge in [0, 0.05) is 25.7 Å². The zero-order chi connectivity index (χ0) is 23.1. The Hall–Kier alpha value is -3.21. The van der Waals surface area contributed by atoms with Crippen LogP contribution in [-0.2, 0) is 10.0 Å². The topological polar surface area (TPSA) is 114 Å². The van der Waals surface area contributed by atoms with E-state index in [4.69, 9.17) is 4.74 Å². The maximum absolute atomic E-state index is 12.4. The van der Waals surface area contributed by atoms with Crippen molar-refractivity contribution in [3.8, 4) is 5.75 Å². The third kappa shape index (κ3) is 6.16. The summed E-state index contributed by atoms with van der Waals surface area (Å²) in [5, 5.41) is 16.6. The van der Waals surface area contributed by atoms with Crippen molar-refractivity contribution < 1.29 is 18.1 Å². The second kappa shape index (κ2) is 10.4. The lowest BCUT2D eigenvalue weighted by Gasteiger charge is -2.12. The van der Waals surface area contributed by atoms with Crippen LogP contribution in [0.15, 0.2) is 65.6 Å². The lowest BCUT2D eigenvalue weighted by Crippen LogP contribution is -2.31. The molecular weight excluding hydrogens is 432 g/mol. The quantitative estimate of drug-likeness (QED) is 0.258. The van der Waals surface area contributed by atoms with Crippen molar-refractivity contribution in [2.75, 3.05) is 45.7 Å². The molecule has 0 heterocycles. The highest BCUT2D eigenvalue weighted by Crippen LogP contribution is 2.27. The molecule has 3 aromatic rings. The van der Waals surface area contributed by atoms with Crippen molar-refractivity contribution in [3.63, 3.8) is 0 Å². The molecule has 0 aliphatic rings. The van der Waals surface area contributed by atoms with Gasteiger partial charge in [-0.2, -0.15) is 0 Å². The molecule has 0 saturated carbocycles. The highest BCUT2D eigenvalue weighted by molar-refractivity contribution is 7.89. The van der Waals surface area contributed by atoms with E-state index in [0.29, 0.717) is 18.8 Å². The van der Waals surface area contributed by atoms with E-state index in [1.54, 1.807) is 0 Å². The standard InChI is InChI=1S/C22H26N4O5S/c1-25(2)13-11-24-32(29,30)20-9-10-21(22(16-20)26(27)28)23-12-14-31-19-8-7-17-5-3-4-6-18(17)15-19/h3-10,15-16,23-24H,11-14H2,1-2H3. The Bertz CT molecular complexity index is 1200. The Kier molecular flexibility index (Phi) is 7.62. The van der Waals surface area contributed by atoms with Crippen LogP contribution < -0.4 is 14.8 Å². The molecule has 0 aliphatic carbocycles. The summed E-state index contributed by atoms with van der Waals surface area (Å²) in [4.78, 5) is 12.6. The van der Waals surface area contributed by atoms with Gasteiger partial charge in [0.2, 0.25) is 10.0 Å². The number of ether oxygens (including phenoxy) is 1. The van der Waals surface area contributed by atoms with Gasteiger partial charge in [-0.1, -0.05) is 30.3 Å². The van der Waals surface area contributed by atoms with Crippen molar-refractivity contribution in [1.82, 2.24) is 9.62 Å². The van der Waals surface area contributed by atoms with Crippen molar-refractivity contribution >= 4 is 32.2 Å². The third-order valence-electron chi connectivity index (χ3n) is 4.73. The van der Waals surface area contributed by atoms with Gasteiger partial charge in [0.25, 0.3) is 5.69 Å². The third-order valence-corrected chi connectivity index (χ3v) is 6.19. The number of nitrogens with one attached hydrogen (secondary N) is 2. The predicted molar refractivity (Wildman–Crippen MR) is 125 cm³/mol. The molecule has 0 aliphatic heterocycles. The molecule has 9 nitrogen and oxygen atoms in total. The van der Waals surface area contributed by atoms with Gasteiger partial charge >= 0.3 is 0 Å². The molecule has 0 atom stereocenters. The van der Waals surface area contributed by atoms with E-state index >= 15 is 0 Å². The average Bonchev–Trinajstić information content (AvgIpc) is 2.76. The fraction of sp³-hybridized carbons (Fsp3) is 0.273. The Labute approximate surface area is 187 Å². The molecule has 10 heteroatoms. The Morgan fingerprint density at radius 3 is 2.47 bits per heavy atom. The van der Waals surface area contributed by atoms with Crippen molar-refractivity contribution in [2.24, 2.45) is 0 Å². The first-order valence-corrected chi connectivity index (χ1v) is 11.5. The number of likely N-dealkylation sites (N-methyl/N-ethyl adjacent to an activating group) is 1. The molecule has 0 saturated heterocycles. The van der Waals surface area contributed by atoms with E-state index in [1.807, 2.05) is 61.5 Å². The Morgan fingerprint density at radius 1 is 1.00 bits per heavy atom. The molecule has 0 amide bonds. The molecule has 0 fully saturated rings. The largest absolute Gasteiger partial charge is 0.492 e. The van der Waals surface area contributed by atoms with Crippen LogP contribution in [-0.4, -0.2) is 58.6 Å².